The standard InChI is InChI=1S/C30H28N2O8S2/c1-19-4-10-23(11-5-19)41(36,37)31-27-14-8-21(17-25(27)29(33)34)16-22-9-15-28(26(18-22)30(35)40-3)32-42(38,39)24-12-6-20(2)7-13-24/h4-15,17-18,31-32H,16H2,1-3H3,(H,33,34). The molecule has 0 spiro atoms. The van der Waals surface area contributed by atoms with Gasteiger partial charge in [-0.2, -0.15) is 0 Å². The van der Waals surface area contributed by atoms with Crippen molar-refractivity contribution in [1.82, 2.24) is 0 Å². The first-order chi connectivity index (χ1) is 19.8. The van der Waals surface area contributed by atoms with Gasteiger partial charge in [-0.1, -0.05) is 47.5 Å². The molecule has 4 rings (SSSR count). The summed E-state index contributed by atoms with van der Waals surface area (Å²) in [5, 5.41) is 9.80. The van der Waals surface area contributed by atoms with Crippen LogP contribution in [0.2, 0.25) is 0 Å². The summed E-state index contributed by atoms with van der Waals surface area (Å²) < 4.78 is 61.1. The molecular formula is C30H28N2O8S2. The van der Waals surface area contributed by atoms with Crippen molar-refractivity contribution in [3.8, 4) is 0 Å². The van der Waals surface area contributed by atoms with Crippen LogP contribution in [0.1, 0.15) is 43.0 Å². The van der Waals surface area contributed by atoms with Crippen LogP contribution in [0.15, 0.2) is 94.7 Å². The fraction of sp³-hybridized carbons (Fsp3) is 0.133. The van der Waals surface area contributed by atoms with E-state index in [1.165, 1.54) is 55.6 Å². The Labute approximate surface area is 244 Å². The molecule has 0 aliphatic carbocycles. The highest BCUT2D eigenvalue weighted by molar-refractivity contribution is 7.93. The Morgan fingerprint density at radius 2 is 1.07 bits per heavy atom. The Kier molecular flexibility index (Phi) is 8.69. The molecule has 4 aromatic rings. The predicted octanol–water partition coefficient (Wildman–Crippen LogP) is 4.98. The van der Waals surface area contributed by atoms with E-state index in [-0.39, 0.29) is 38.7 Å². The van der Waals surface area contributed by atoms with E-state index in [9.17, 15) is 31.5 Å². The van der Waals surface area contributed by atoms with E-state index < -0.39 is 32.0 Å². The van der Waals surface area contributed by atoms with E-state index in [1.54, 1.807) is 36.4 Å². The molecule has 4 aromatic carbocycles. The maximum atomic E-state index is 12.9. The Balaban J connectivity index is 1.62. The third kappa shape index (κ3) is 6.96. The number of hydrogen-bond donors (Lipinski definition) is 3. The van der Waals surface area contributed by atoms with Gasteiger partial charge < -0.3 is 9.84 Å². The Hall–Kier alpha value is -4.68. The van der Waals surface area contributed by atoms with Crippen molar-refractivity contribution in [2.24, 2.45) is 0 Å². The zero-order valence-electron chi connectivity index (χ0n) is 22.9. The van der Waals surface area contributed by atoms with Gasteiger partial charge in [0.15, 0.2) is 0 Å². The van der Waals surface area contributed by atoms with Gasteiger partial charge in [-0.3, -0.25) is 9.44 Å². The van der Waals surface area contributed by atoms with Gasteiger partial charge in [0.25, 0.3) is 20.0 Å². The summed E-state index contributed by atoms with van der Waals surface area (Å²) in [5.41, 5.74) is 2.42. The molecule has 0 saturated carbocycles. The summed E-state index contributed by atoms with van der Waals surface area (Å²) >= 11 is 0. The van der Waals surface area contributed by atoms with Gasteiger partial charge in [-0.05, 0) is 79.9 Å². The van der Waals surface area contributed by atoms with Gasteiger partial charge in [-0.25, -0.2) is 26.4 Å². The molecule has 0 saturated heterocycles. The number of esters is 1. The lowest BCUT2D eigenvalue weighted by Crippen LogP contribution is -2.16. The van der Waals surface area contributed by atoms with Crippen LogP contribution in [0.3, 0.4) is 0 Å². The second kappa shape index (κ2) is 12.0. The summed E-state index contributed by atoms with van der Waals surface area (Å²) in [5.74, 6) is -2.11. The molecule has 10 nitrogen and oxygen atoms in total. The summed E-state index contributed by atoms with van der Waals surface area (Å²) in [4.78, 5) is 24.6. The largest absolute Gasteiger partial charge is 0.478 e. The van der Waals surface area contributed by atoms with Gasteiger partial charge in [0.2, 0.25) is 0 Å². The molecule has 0 aliphatic rings. The first-order valence-electron chi connectivity index (χ1n) is 12.6. The van der Waals surface area contributed by atoms with Crippen LogP contribution in [0.4, 0.5) is 11.4 Å². The summed E-state index contributed by atoms with van der Waals surface area (Å²) in [6, 6.07) is 21.1. The minimum Gasteiger partial charge on any atom is -0.478 e. The van der Waals surface area contributed by atoms with Crippen molar-refractivity contribution in [3.63, 3.8) is 0 Å². The third-order valence-corrected chi connectivity index (χ3v) is 9.13. The van der Waals surface area contributed by atoms with E-state index in [0.29, 0.717) is 11.1 Å². The molecule has 0 bridgehead atoms. The highest BCUT2D eigenvalue weighted by Gasteiger charge is 2.22. The van der Waals surface area contributed by atoms with Crippen molar-refractivity contribution in [1.29, 1.82) is 0 Å². The molecule has 3 N–H and O–H groups in total. The molecular weight excluding hydrogens is 580 g/mol. The summed E-state index contributed by atoms with van der Waals surface area (Å²) in [6.45, 7) is 3.64. The third-order valence-electron chi connectivity index (χ3n) is 6.36. The van der Waals surface area contributed by atoms with Crippen LogP contribution >= 0.6 is 0 Å². The average Bonchev–Trinajstić information content (AvgIpc) is 2.94. The Morgan fingerprint density at radius 3 is 1.48 bits per heavy atom. The van der Waals surface area contributed by atoms with Gasteiger partial charge in [0.1, 0.15) is 0 Å². The number of methoxy groups -OCH3 is 1. The molecule has 0 radical (unpaired) electrons. The summed E-state index contributed by atoms with van der Waals surface area (Å²) in [7, 11) is -6.87. The van der Waals surface area contributed by atoms with Crippen LogP contribution in [-0.4, -0.2) is 41.0 Å². The first-order valence-corrected chi connectivity index (χ1v) is 15.5. The fourth-order valence-electron chi connectivity index (χ4n) is 4.11. The van der Waals surface area contributed by atoms with Crippen molar-refractivity contribution in [3.05, 3.63) is 118 Å². The SMILES string of the molecule is COC(=O)c1cc(Cc2ccc(NS(=O)(=O)c3ccc(C)cc3)c(C(=O)O)c2)ccc1NS(=O)(=O)c1ccc(C)cc1. The molecule has 12 heteroatoms. The molecule has 0 atom stereocenters. The van der Waals surface area contributed by atoms with Crippen LogP contribution in [-0.2, 0) is 31.2 Å². The number of carboxylic acids is 1. The van der Waals surface area contributed by atoms with Crippen LogP contribution in [0.5, 0.6) is 0 Å². The Bertz CT molecular complexity index is 1870. The number of carbonyl (C=O) groups is 2. The number of ether oxygens (including phenoxy) is 1. The number of benzene rings is 4. The molecule has 0 aliphatic heterocycles. The van der Waals surface area contributed by atoms with Crippen LogP contribution < -0.4 is 9.44 Å². The minimum absolute atomic E-state index is 0.0121. The average molecular weight is 609 g/mol. The molecule has 42 heavy (non-hydrogen) atoms. The van der Waals surface area contributed by atoms with E-state index in [0.717, 1.165) is 11.1 Å². The van der Waals surface area contributed by atoms with Crippen LogP contribution in [0.25, 0.3) is 0 Å². The quantitative estimate of drug-likeness (QED) is 0.213. The minimum atomic E-state index is -4.04. The van der Waals surface area contributed by atoms with E-state index >= 15 is 0 Å². The van der Waals surface area contributed by atoms with Crippen molar-refractivity contribution in [2.75, 3.05) is 16.6 Å². The number of carboxylic acid groups (broad SMARTS) is 1. The Morgan fingerprint density at radius 1 is 0.667 bits per heavy atom. The highest BCUT2D eigenvalue weighted by Crippen LogP contribution is 2.27. The fourth-order valence-corrected chi connectivity index (χ4v) is 6.27. The van der Waals surface area contributed by atoms with E-state index in [1.807, 2.05) is 13.8 Å². The van der Waals surface area contributed by atoms with Crippen LogP contribution in [0, 0.1) is 13.8 Å². The monoisotopic (exact) mass is 608 g/mol. The predicted molar refractivity (Wildman–Crippen MR) is 158 cm³/mol. The molecule has 0 heterocycles. The zero-order valence-corrected chi connectivity index (χ0v) is 24.5. The lowest BCUT2D eigenvalue weighted by molar-refractivity contribution is 0.0601. The number of rotatable bonds is 10. The van der Waals surface area contributed by atoms with Gasteiger partial charge in [0.05, 0.1) is 39.4 Å². The molecule has 0 unspecified atom stereocenters. The molecule has 218 valence electrons. The number of carbonyl (C=O) groups excluding carboxylic acids is 1. The topological polar surface area (TPSA) is 156 Å². The lowest BCUT2D eigenvalue weighted by atomic mass is 9.99. The number of sulfonamides is 2. The second-order valence-electron chi connectivity index (χ2n) is 9.57. The summed E-state index contributed by atoms with van der Waals surface area (Å²) in [6.07, 6.45) is 0.153. The number of hydrogen-bond acceptors (Lipinski definition) is 7. The molecule has 0 amide bonds. The molecule has 0 fully saturated rings. The number of aromatic carboxylic acids is 1. The zero-order chi connectivity index (χ0) is 30.7. The van der Waals surface area contributed by atoms with E-state index in [2.05, 4.69) is 9.44 Å². The van der Waals surface area contributed by atoms with Gasteiger partial charge in [0, 0.05) is 0 Å². The maximum Gasteiger partial charge on any atom is 0.340 e. The molecule has 0 aromatic heterocycles. The van der Waals surface area contributed by atoms with Gasteiger partial charge >= 0.3 is 11.9 Å². The number of anilines is 2. The van der Waals surface area contributed by atoms with Crippen molar-refractivity contribution >= 4 is 43.4 Å². The van der Waals surface area contributed by atoms with Crippen molar-refractivity contribution in [2.45, 2.75) is 30.1 Å². The number of nitrogens with one attached hydrogen (secondary N) is 2. The lowest BCUT2D eigenvalue weighted by Gasteiger charge is -2.14. The smallest absolute Gasteiger partial charge is 0.340 e. The van der Waals surface area contributed by atoms with Gasteiger partial charge in [-0.15, -0.1) is 0 Å². The highest BCUT2D eigenvalue weighted by atomic mass is 32.2. The normalized spacial score (nSPS) is 11.5. The second-order valence-corrected chi connectivity index (χ2v) is 12.9. The first kappa shape index (κ1) is 30.3. The van der Waals surface area contributed by atoms with Crippen molar-refractivity contribution < 1.29 is 36.3 Å². The number of aryl methyl sites for hydroxylation is 2. The van der Waals surface area contributed by atoms with E-state index in [4.69, 9.17) is 4.74 Å². The maximum absolute atomic E-state index is 12.9.